The molecule has 0 aliphatic carbocycles. The second-order valence-electron chi connectivity index (χ2n) is 8.42. The molecule has 1 heterocycles. The Labute approximate surface area is 121 Å². The maximum absolute atomic E-state index is 3.70. The first-order chi connectivity index (χ1) is 8.63. The van der Waals surface area contributed by atoms with Crippen LogP contribution < -0.4 is 5.32 Å². The highest BCUT2D eigenvalue weighted by atomic mass is 15.2. The SMILES string of the molecule is CCCC(CNC(C)(C)C)N1CCC(C(C)(C)C)C1. The first-order valence-electron chi connectivity index (χ1n) is 8.12. The molecule has 1 N–H and O–H groups in total. The zero-order valence-electron chi connectivity index (χ0n) is 14.3. The van der Waals surface area contributed by atoms with Crippen molar-refractivity contribution < 1.29 is 0 Å². The third-order valence-electron chi connectivity index (χ3n) is 4.45. The molecule has 0 amide bonds. The minimum atomic E-state index is 0.231. The molecule has 2 atom stereocenters. The van der Waals surface area contributed by atoms with E-state index in [0.717, 1.165) is 18.5 Å². The summed E-state index contributed by atoms with van der Waals surface area (Å²) in [5.74, 6) is 0.862. The molecule has 0 spiro atoms. The number of hydrogen-bond acceptors (Lipinski definition) is 2. The van der Waals surface area contributed by atoms with Crippen LogP contribution in [-0.4, -0.2) is 36.1 Å². The van der Waals surface area contributed by atoms with Crippen molar-refractivity contribution in [2.75, 3.05) is 19.6 Å². The summed E-state index contributed by atoms with van der Waals surface area (Å²) in [5.41, 5.74) is 0.693. The molecule has 0 saturated carbocycles. The van der Waals surface area contributed by atoms with Crippen molar-refractivity contribution in [3.8, 4) is 0 Å². The highest BCUT2D eigenvalue weighted by molar-refractivity contribution is 4.88. The summed E-state index contributed by atoms with van der Waals surface area (Å²) in [6.45, 7) is 20.0. The van der Waals surface area contributed by atoms with Crippen LogP contribution in [0.15, 0.2) is 0 Å². The smallest absolute Gasteiger partial charge is 0.0220 e. The lowest BCUT2D eigenvalue weighted by atomic mass is 9.80. The summed E-state index contributed by atoms with van der Waals surface area (Å²) < 4.78 is 0. The fourth-order valence-corrected chi connectivity index (χ4v) is 3.00. The largest absolute Gasteiger partial charge is 0.311 e. The third kappa shape index (κ3) is 5.83. The number of nitrogens with zero attached hydrogens (tertiary/aromatic N) is 1. The standard InChI is InChI=1S/C17H36N2/c1-8-9-15(12-18-17(5,6)7)19-11-10-14(13-19)16(2,3)4/h14-15,18H,8-13H2,1-7H3. The van der Waals surface area contributed by atoms with Crippen molar-refractivity contribution in [2.24, 2.45) is 11.3 Å². The zero-order valence-corrected chi connectivity index (χ0v) is 14.3. The fraction of sp³-hybridized carbons (Fsp3) is 1.00. The minimum Gasteiger partial charge on any atom is -0.311 e. The van der Waals surface area contributed by atoms with Gasteiger partial charge in [0, 0.05) is 24.7 Å². The summed E-state index contributed by atoms with van der Waals surface area (Å²) in [4.78, 5) is 2.73. The van der Waals surface area contributed by atoms with Crippen molar-refractivity contribution in [3.63, 3.8) is 0 Å². The predicted molar refractivity (Wildman–Crippen MR) is 85.6 cm³/mol. The van der Waals surface area contributed by atoms with Crippen LogP contribution in [0.25, 0.3) is 0 Å². The van der Waals surface area contributed by atoms with Crippen molar-refractivity contribution in [1.29, 1.82) is 0 Å². The summed E-state index contributed by atoms with van der Waals surface area (Å²) in [7, 11) is 0. The molecule has 2 heteroatoms. The van der Waals surface area contributed by atoms with Crippen molar-refractivity contribution in [2.45, 2.75) is 79.3 Å². The van der Waals surface area contributed by atoms with E-state index in [0.29, 0.717) is 5.41 Å². The molecular weight excluding hydrogens is 232 g/mol. The van der Waals surface area contributed by atoms with Crippen LogP contribution in [-0.2, 0) is 0 Å². The highest BCUT2D eigenvalue weighted by Gasteiger charge is 2.34. The first-order valence-corrected chi connectivity index (χ1v) is 8.12. The van der Waals surface area contributed by atoms with Gasteiger partial charge in [-0.2, -0.15) is 0 Å². The molecule has 0 radical (unpaired) electrons. The Balaban J connectivity index is 2.53. The molecule has 0 aromatic heterocycles. The van der Waals surface area contributed by atoms with Gasteiger partial charge in [-0.1, -0.05) is 34.1 Å². The Morgan fingerprint density at radius 1 is 1.16 bits per heavy atom. The Bertz CT molecular complexity index is 259. The quantitative estimate of drug-likeness (QED) is 0.813. The molecule has 2 nitrogen and oxygen atoms in total. The lowest BCUT2D eigenvalue weighted by Gasteiger charge is -2.33. The number of hydrogen-bond donors (Lipinski definition) is 1. The van der Waals surface area contributed by atoms with Crippen LogP contribution in [0, 0.1) is 11.3 Å². The third-order valence-corrected chi connectivity index (χ3v) is 4.45. The molecular formula is C17H36N2. The molecule has 19 heavy (non-hydrogen) atoms. The maximum atomic E-state index is 3.70. The first kappa shape index (κ1) is 17.0. The molecule has 1 fully saturated rings. The van der Waals surface area contributed by atoms with E-state index in [1.807, 2.05) is 0 Å². The molecule has 1 aliphatic heterocycles. The lowest BCUT2D eigenvalue weighted by molar-refractivity contribution is 0.177. The van der Waals surface area contributed by atoms with Gasteiger partial charge in [0.2, 0.25) is 0 Å². The van der Waals surface area contributed by atoms with E-state index in [1.165, 1.54) is 32.4 Å². The molecule has 0 aromatic rings. The summed E-state index contributed by atoms with van der Waals surface area (Å²) in [6, 6.07) is 0.719. The maximum Gasteiger partial charge on any atom is 0.0220 e. The van der Waals surface area contributed by atoms with Gasteiger partial charge in [-0.25, -0.2) is 0 Å². The average molecular weight is 268 g/mol. The minimum absolute atomic E-state index is 0.231. The van der Waals surface area contributed by atoms with E-state index in [1.54, 1.807) is 0 Å². The number of nitrogens with one attached hydrogen (secondary N) is 1. The van der Waals surface area contributed by atoms with Gasteiger partial charge in [0.05, 0.1) is 0 Å². The van der Waals surface area contributed by atoms with E-state index in [9.17, 15) is 0 Å². The van der Waals surface area contributed by atoms with Crippen molar-refractivity contribution in [1.82, 2.24) is 10.2 Å². The van der Waals surface area contributed by atoms with Gasteiger partial charge in [0.15, 0.2) is 0 Å². The van der Waals surface area contributed by atoms with E-state index < -0.39 is 0 Å². The van der Waals surface area contributed by atoms with Crippen LogP contribution in [0.4, 0.5) is 0 Å². The number of rotatable bonds is 5. The van der Waals surface area contributed by atoms with Crippen molar-refractivity contribution >= 4 is 0 Å². The molecule has 1 rings (SSSR count). The van der Waals surface area contributed by atoms with Gasteiger partial charge < -0.3 is 5.32 Å². The van der Waals surface area contributed by atoms with E-state index in [-0.39, 0.29) is 5.54 Å². The second-order valence-corrected chi connectivity index (χ2v) is 8.42. The van der Waals surface area contributed by atoms with Gasteiger partial charge in [-0.3, -0.25) is 4.90 Å². The lowest BCUT2D eigenvalue weighted by Crippen LogP contribution is -2.47. The Kier molecular flexibility index (Phi) is 5.88. The van der Waals surface area contributed by atoms with Crippen molar-refractivity contribution in [3.05, 3.63) is 0 Å². The highest BCUT2D eigenvalue weighted by Crippen LogP contribution is 2.34. The Hall–Kier alpha value is -0.0800. The predicted octanol–water partition coefficient (Wildman–Crippen LogP) is 3.91. The van der Waals surface area contributed by atoms with Gasteiger partial charge >= 0.3 is 0 Å². The Morgan fingerprint density at radius 2 is 1.79 bits per heavy atom. The molecule has 114 valence electrons. The summed E-state index contributed by atoms with van der Waals surface area (Å²) >= 11 is 0. The normalized spacial score (nSPS) is 23.8. The summed E-state index contributed by atoms with van der Waals surface area (Å²) in [5, 5.41) is 3.70. The molecule has 0 bridgehead atoms. The van der Waals surface area contributed by atoms with E-state index in [2.05, 4.69) is 58.7 Å². The molecule has 2 unspecified atom stereocenters. The second kappa shape index (κ2) is 6.58. The van der Waals surface area contributed by atoms with Crippen LogP contribution in [0.3, 0.4) is 0 Å². The van der Waals surface area contributed by atoms with Crippen LogP contribution >= 0.6 is 0 Å². The topological polar surface area (TPSA) is 15.3 Å². The molecule has 1 saturated heterocycles. The van der Waals surface area contributed by atoms with Gasteiger partial charge in [-0.05, 0) is 51.5 Å². The number of likely N-dealkylation sites (tertiary alicyclic amines) is 1. The Morgan fingerprint density at radius 3 is 2.21 bits per heavy atom. The zero-order chi connectivity index (χ0) is 14.7. The summed E-state index contributed by atoms with van der Waals surface area (Å²) in [6.07, 6.45) is 3.98. The van der Waals surface area contributed by atoms with Crippen LogP contribution in [0.1, 0.15) is 67.7 Å². The van der Waals surface area contributed by atoms with E-state index >= 15 is 0 Å². The van der Waals surface area contributed by atoms with Crippen LogP contribution in [0.2, 0.25) is 0 Å². The monoisotopic (exact) mass is 268 g/mol. The fourth-order valence-electron chi connectivity index (χ4n) is 3.00. The molecule has 0 aromatic carbocycles. The van der Waals surface area contributed by atoms with Gasteiger partial charge in [0.1, 0.15) is 0 Å². The van der Waals surface area contributed by atoms with E-state index in [4.69, 9.17) is 0 Å². The average Bonchev–Trinajstić information content (AvgIpc) is 2.71. The van der Waals surface area contributed by atoms with Gasteiger partial charge in [0.25, 0.3) is 0 Å². The molecule has 1 aliphatic rings. The van der Waals surface area contributed by atoms with Gasteiger partial charge in [-0.15, -0.1) is 0 Å². The van der Waals surface area contributed by atoms with Crippen LogP contribution in [0.5, 0.6) is 0 Å².